The lowest BCUT2D eigenvalue weighted by molar-refractivity contribution is -0.113. The largest absolute Gasteiger partial charge is 0.457 e. The van der Waals surface area contributed by atoms with E-state index in [-0.39, 0.29) is 17.4 Å². The van der Waals surface area contributed by atoms with Crippen LogP contribution < -0.4 is 21.1 Å². The first kappa shape index (κ1) is 27.0. The molecule has 1 fully saturated rings. The van der Waals surface area contributed by atoms with Gasteiger partial charge in [-0.15, -0.1) is 0 Å². The van der Waals surface area contributed by atoms with Crippen LogP contribution in [0.5, 0.6) is 11.5 Å². The molecule has 42 heavy (non-hydrogen) atoms. The zero-order valence-corrected chi connectivity index (χ0v) is 23.4. The van der Waals surface area contributed by atoms with Gasteiger partial charge in [-0.3, -0.25) is 14.3 Å². The van der Waals surface area contributed by atoms with Gasteiger partial charge in [-0.2, -0.15) is 0 Å². The number of nitrogen functional groups attached to an aromatic ring is 1. The van der Waals surface area contributed by atoms with Crippen molar-refractivity contribution in [1.29, 1.82) is 0 Å². The molecule has 1 aliphatic rings. The summed E-state index contributed by atoms with van der Waals surface area (Å²) in [5.74, 6) is 1.35. The van der Waals surface area contributed by atoms with Gasteiger partial charge >= 0.3 is 5.69 Å². The summed E-state index contributed by atoms with van der Waals surface area (Å²) in [5.41, 5.74) is 8.40. The molecule has 0 aliphatic heterocycles. The zero-order valence-electron chi connectivity index (χ0n) is 23.4. The standard InChI is InChI=1S/C32H31N7O3/c1-36(22-13-14-22)19-7-12-28(40)37(2)24-8-6-9-25(20-24)39-31-29(30(33)34-21-35-31)38(32(39)41)23-15-17-27(18-16-23)42-26-10-4-3-5-11-26/h3-12,15-18,20-22H,13-14,19H2,1-2H3,(H2,33,34,35)/b12-7+. The predicted octanol–water partition coefficient (Wildman–Crippen LogP) is 4.56. The number of amides is 1. The Labute approximate surface area is 242 Å². The smallest absolute Gasteiger partial charge is 0.339 e. The van der Waals surface area contributed by atoms with Crippen molar-refractivity contribution in [2.75, 3.05) is 31.3 Å². The number of hydrogen-bond acceptors (Lipinski definition) is 7. The average Bonchev–Trinajstić information content (AvgIpc) is 3.81. The number of nitrogens with two attached hydrogens (primary N) is 1. The number of carbonyl (C=O) groups excluding carboxylic acids is 1. The van der Waals surface area contributed by atoms with Crippen LogP contribution in [0.4, 0.5) is 11.5 Å². The molecule has 0 spiro atoms. The first-order valence-electron chi connectivity index (χ1n) is 13.7. The van der Waals surface area contributed by atoms with Gasteiger partial charge in [0.1, 0.15) is 23.3 Å². The second kappa shape index (κ2) is 11.3. The number of rotatable bonds is 9. The van der Waals surface area contributed by atoms with Crippen molar-refractivity contribution in [3.63, 3.8) is 0 Å². The van der Waals surface area contributed by atoms with Crippen LogP contribution in [-0.2, 0) is 4.79 Å². The van der Waals surface area contributed by atoms with Gasteiger partial charge in [-0.1, -0.05) is 30.3 Å². The van der Waals surface area contributed by atoms with Crippen LogP contribution in [0.1, 0.15) is 12.8 Å². The van der Waals surface area contributed by atoms with Crippen LogP contribution in [0.3, 0.4) is 0 Å². The van der Waals surface area contributed by atoms with E-state index < -0.39 is 0 Å². The van der Waals surface area contributed by atoms with Crippen molar-refractivity contribution in [3.8, 4) is 22.9 Å². The second-order valence-corrected chi connectivity index (χ2v) is 10.3. The summed E-state index contributed by atoms with van der Waals surface area (Å²) in [5, 5.41) is 0. The molecule has 1 amide bonds. The molecular formula is C32H31N7O3. The number of nitrogens with zero attached hydrogens (tertiary/aromatic N) is 6. The van der Waals surface area contributed by atoms with E-state index in [1.165, 1.54) is 28.3 Å². The summed E-state index contributed by atoms with van der Waals surface area (Å²) >= 11 is 0. The summed E-state index contributed by atoms with van der Waals surface area (Å²) in [6.07, 6.45) is 7.23. The fraction of sp³-hybridized carbons (Fsp3) is 0.188. The van der Waals surface area contributed by atoms with E-state index in [0.717, 1.165) is 6.54 Å². The lowest BCUT2D eigenvalue weighted by atomic mass is 10.2. The molecule has 10 nitrogen and oxygen atoms in total. The first-order valence-corrected chi connectivity index (χ1v) is 13.7. The molecule has 6 rings (SSSR count). The fourth-order valence-electron chi connectivity index (χ4n) is 4.87. The molecule has 2 N–H and O–H groups in total. The topological polar surface area (TPSA) is 112 Å². The van der Waals surface area contributed by atoms with Gasteiger partial charge in [-0.05, 0) is 74.5 Å². The minimum Gasteiger partial charge on any atom is -0.457 e. The number of imidazole rings is 1. The maximum atomic E-state index is 14.0. The van der Waals surface area contributed by atoms with E-state index in [2.05, 4.69) is 21.9 Å². The van der Waals surface area contributed by atoms with E-state index in [1.807, 2.05) is 42.5 Å². The highest BCUT2D eigenvalue weighted by molar-refractivity contribution is 6.01. The van der Waals surface area contributed by atoms with E-state index in [4.69, 9.17) is 10.5 Å². The fourth-order valence-corrected chi connectivity index (χ4v) is 4.87. The van der Waals surface area contributed by atoms with Crippen molar-refractivity contribution in [2.24, 2.45) is 0 Å². The molecule has 0 unspecified atom stereocenters. The molecule has 212 valence electrons. The number of ether oxygens (including phenoxy) is 1. The molecule has 0 atom stereocenters. The number of fused-ring (bicyclic) bond motifs is 1. The van der Waals surface area contributed by atoms with Crippen molar-refractivity contribution in [3.05, 3.63) is 108 Å². The SMILES string of the molecule is CN(C(=O)/C=C/CN(C)C1CC1)c1cccc(-n2c(=O)n(-c3ccc(Oc4ccccc4)cc3)c3c(N)ncnc32)c1. The lowest BCUT2D eigenvalue weighted by Crippen LogP contribution is -2.26. The van der Waals surface area contributed by atoms with Gasteiger partial charge in [0.2, 0.25) is 5.91 Å². The number of benzene rings is 3. The van der Waals surface area contributed by atoms with Gasteiger partial charge in [-0.25, -0.2) is 19.3 Å². The molecule has 1 aliphatic carbocycles. The van der Waals surface area contributed by atoms with Crippen molar-refractivity contribution < 1.29 is 9.53 Å². The van der Waals surface area contributed by atoms with Crippen molar-refractivity contribution >= 4 is 28.6 Å². The quantitative estimate of drug-likeness (QED) is 0.263. The highest BCUT2D eigenvalue weighted by Gasteiger charge is 2.25. The van der Waals surface area contributed by atoms with Gasteiger partial charge in [0.25, 0.3) is 0 Å². The maximum Gasteiger partial charge on any atom is 0.339 e. The predicted molar refractivity (Wildman–Crippen MR) is 164 cm³/mol. The van der Waals surface area contributed by atoms with Gasteiger partial charge in [0.15, 0.2) is 11.5 Å². The van der Waals surface area contributed by atoms with Crippen LogP contribution in [0.25, 0.3) is 22.5 Å². The van der Waals surface area contributed by atoms with E-state index in [1.54, 1.807) is 60.5 Å². The Hall–Kier alpha value is -5.22. The number of hydrogen-bond donors (Lipinski definition) is 1. The van der Waals surface area contributed by atoms with Gasteiger partial charge in [0, 0.05) is 31.4 Å². The van der Waals surface area contributed by atoms with Crippen LogP contribution >= 0.6 is 0 Å². The number of para-hydroxylation sites is 1. The van der Waals surface area contributed by atoms with Crippen LogP contribution in [-0.4, -0.2) is 56.6 Å². The van der Waals surface area contributed by atoms with E-state index in [9.17, 15) is 9.59 Å². The molecule has 2 heterocycles. The normalized spacial score (nSPS) is 13.2. The lowest BCUT2D eigenvalue weighted by Gasteiger charge is -2.17. The Morgan fingerprint density at radius 1 is 0.952 bits per heavy atom. The Morgan fingerprint density at radius 3 is 2.43 bits per heavy atom. The molecule has 0 saturated heterocycles. The third-order valence-corrected chi connectivity index (χ3v) is 7.35. The van der Waals surface area contributed by atoms with Crippen molar-refractivity contribution in [1.82, 2.24) is 24.0 Å². The van der Waals surface area contributed by atoms with E-state index in [0.29, 0.717) is 45.8 Å². The summed E-state index contributed by atoms with van der Waals surface area (Å²) < 4.78 is 8.87. The van der Waals surface area contributed by atoms with Crippen LogP contribution in [0, 0.1) is 0 Å². The first-order chi connectivity index (χ1) is 20.4. The number of aromatic nitrogens is 4. The minimum atomic E-state index is -0.372. The Kier molecular flexibility index (Phi) is 7.28. The van der Waals surface area contributed by atoms with E-state index >= 15 is 0 Å². The van der Waals surface area contributed by atoms with Gasteiger partial charge in [0.05, 0.1) is 11.4 Å². The number of carbonyl (C=O) groups is 1. The highest BCUT2D eigenvalue weighted by atomic mass is 16.5. The molecule has 2 aromatic heterocycles. The molecular weight excluding hydrogens is 530 g/mol. The minimum absolute atomic E-state index is 0.157. The Balaban J connectivity index is 1.33. The van der Waals surface area contributed by atoms with Gasteiger partial charge < -0.3 is 15.4 Å². The second-order valence-electron chi connectivity index (χ2n) is 10.3. The van der Waals surface area contributed by atoms with Crippen LogP contribution in [0.2, 0.25) is 0 Å². The van der Waals surface area contributed by atoms with Crippen molar-refractivity contribution in [2.45, 2.75) is 18.9 Å². The molecule has 3 aromatic carbocycles. The molecule has 10 heteroatoms. The number of likely N-dealkylation sites (N-methyl/N-ethyl adjacent to an activating group) is 2. The summed E-state index contributed by atoms with van der Waals surface area (Å²) in [4.78, 5) is 39.2. The molecule has 0 radical (unpaired) electrons. The summed E-state index contributed by atoms with van der Waals surface area (Å²) in [6, 6.07) is 24.4. The maximum absolute atomic E-state index is 14.0. The monoisotopic (exact) mass is 561 g/mol. The third kappa shape index (κ3) is 5.39. The Bertz CT molecular complexity index is 1820. The Morgan fingerprint density at radius 2 is 1.69 bits per heavy atom. The zero-order chi connectivity index (χ0) is 29.2. The summed E-state index contributed by atoms with van der Waals surface area (Å²) in [6.45, 7) is 0.722. The average molecular weight is 562 g/mol. The molecule has 0 bridgehead atoms. The molecule has 5 aromatic rings. The molecule has 1 saturated carbocycles. The third-order valence-electron chi connectivity index (χ3n) is 7.35. The highest BCUT2D eigenvalue weighted by Crippen LogP contribution is 2.27. The van der Waals surface area contributed by atoms with Crippen LogP contribution in [0.15, 0.2) is 102 Å². The number of anilines is 2. The summed E-state index contributed by atoms with van der Waals surface area (Å²) in [7, 11) is 3.78.